The van der Waals surface area contributed by atoms with Crippen LogP contribution in [0.1, 0.15) is 38.5 Å². The van der Waals surface area contributed by atoms with Crippen LogP contribution in [0, 0.1) is 5.92 Å². The molecule has 2 aliphatic rings. The molecule has 2 N–H and O–H groups in total. The van der Waals surface area contributed by atoms with Gasteiger partial charge in [0, 0.05) is 25.0 Å². The molecular formula is C11H20N2O. The molecule has 1 saturated carbocycles. The second kappa shape index (κ2) is 4.30. The highest BCUT2D eigenvalue weighted by Crippen LogP contribution is 2.30. The van der Waals surface area contributed by atoms with Crippen molar-refractivity contribution in [1.82, 2.24) is 4.90 Å². The van der Waals surface area contributed by atoms with Crippen molar-refractivity contribution in [3.63, 3.8) is 0 Å². The standard InChI is InChI=1S/C11H20N2O/c12-8-10-6-1-2-7-13(10)11(14)9-4-3-5-9/h9-10H,1-8,12H2. The number of amides is 1. The number of hydrogen-bond donors (Lipinski definition) is 1. The van der Waals surface area contributed by atoms with Gasteiger partial charge in [0.05, 0.1) is 0 Å². The molecule has 2 rings (SSSR count). The van der Waals surface area contributed by atoms with E-state index >= 15 is 0 Å². The summed E-state index contributed by atoms with van der Waals surface area (Å²) in [5.74, 6) is 0.716. The quantitative estimate of drug-likeness (QED) is 0.719. The molecule has 1 heterocycles. The van der Waals surface area contributed by atoms with E-state index < -0.39 is 0 Å². The van der Waals surface area contributed by atoms with E-state index in [9.17, 15) is 4.79 Å². The fourth-order valence-corrected chi connectivity index (χ4v) is 2.43. The Morgan fingerprint density at radius 1 is 1.21 bits per heavy atom. The Hall–Kier alpha value is -0.570. The van der Waals surface area contributed by atoms with Gasteiger partial charge in [-0.15, -0.1) is 0 Å². The van der Waals surface area contributed by atoms with E-state index in [0.29, 0.717) is 24.4 Å². The van der Waals surface area contributed by atoms with Crippen LogP contribution in [-0.4, -0.2) is 29.9 Å². The average molecular weight is 196 g/mol. The monoisotopic (exact) mass is 196 g/mol. The lowest BCUT2D eigenvalue weighted by molar-refractivity contribution is -0.141. The Morgan fingerprint density at radius 3 is 2.57 bits per heavy atom. The number of nitrogens with two attached hydrogens (primary N) is 1. The van der Waals surface area contributed by atoms with Crippen LogP contribution in [0.15, 0.2) is 0 Å². The van der Waals surface area contributed by atoms with E-state index in [2.05, 4.69) is 0 Å². The topological polar surface area (TPSA) is 46.3 Å². The zero-order valence-corrected chi connectivity index (χ0v) is 8.74. The summed E-state index contributed by atoms with van der Waals surface area (Å²) in [6, 6.07) is 0.330. The maximum atomic E-state index is 12.0. The van der Waals surface area contributed by atoms with E-state index in [1.54, 1.807) is 0 Å². The van der Waals surface area contributed by atoms with Crippen LogP contribution in [0.5, 0.6) is 0 Å². The minimum atomic E-state index is 0.330. The summed E-state index contributed by atoms with van der Waals surface area (Å²) in [6.07, 6.45) is 6.94. The lowest BCUT2D eigenvalue weighted by Gasteiger charge is -2.39. The number of rotatable bonds is 2. The number of carbonyl (C=O) groups excluding carboxylic acids is 1. The number of hydrogen-bond acceptors (Lipinski definition) is 2. The highest BCUT2D eigenvalue weighted by atomic mass is 16.2. The highest BCUT2D eigenvalue weighted by molar-refractivity contribution is 5.80. The molecule has 1 aliphatic carbocycles. The van der Waals surface area contributed by atoms with Crippen LogP contribution in [0.2, 0.25) is 0 Å². The molecule has 0 aromatic carbocycles. The summed E-state index contributed by atoms with van der Waals surface area (Å²) in [6.45, 7) is 1.58. The van der Waals surface area contributed by atoms with Gasteiger partial charge < -0.3 is 10.6 Å². The third-order valence-corrected chi connectivity index (χ3v) is 3.64. The molecule has 80 valence electrons. The molecule has 0 aromatic heterocycles. The minimum Gasteiger partial charge on any atom is -0.338 e. The first-order valence-corrected chi connectivity index (χ1v) is 5.83. The molecule has 0 aromatic rings. The Morgan fingerprint density at radius 2 is 2.00 bits per heavy atom. The van der Waals surface area contributed by atoms with Crippen molar-refractivity contribution in [2.75, 3.05) is 13.1 Å². The van der Waals surface area contributed by atoms with Gasteiger partial charge in [0.15, 0.2) is 0 Å². The maximum Gasteiger partial charge on any atom is 0.225 e. The maximum absolute atomic E-state index is 12.0. The third-order valence-electron chi connectivity index (χ3n) is 3.64. The number of nitrogens with zero attached hydrogens (tertiary/aromatic N) is 1. The number of carbonyl (C=O) groups is 1. The van der Waals surface area contributed by atoms with Crippen LogP contribution in [0.3, 0.4) is 0 Å². The molecule has 1 aliphatic heterocycles. The second-order valence-corrected chi connectivity index (χ2v) is 4.54. The third kappa shape index (κ3) is 1.78. The first-order valence-electron chi connectivity index (χ1n) is 5.83. The van der Waals surface area contributed by atoms with E-state index in [-0.39, 0.29) is 0 Å². The van der Waals surface area contributed by atoms with Crippen molar-refractivity contribution in [2.45, 2.75) is 44.6 Å². The second-order valence-electron chi connectivity index (χ2n) is 4.54. The lowest BCUT2D eigenvalue weighted by atomic mass is 9.83. The van der Waals surface area contributed by atoms with Crippen molar-refractivity contribution in [1.29, 1.82) is 0 Å². The Bertz CT molecular complexity index is 213. The summed E-state index contributed by atoms with van der Waals surface area (Å²) in [5, 5.41) is 0. The van der Waals surface area contributed by atoms with Crippen molar-refractivity contribution < 1.29 is 4.79 Å². The largest absolute Gasteiger partial charge is 0.338 e. The SMILES string of the molecule is NCC1CCCCN1C(=O)C1CCC1. The summed E-state index contributed by atoms with van der Waals surface area (Å²) in [4.78, 5) is 14.1. The highest BCUT2D eigenvalue weighted by Gasteiger charge is 2.33. The summed E-state index contributed by atoms with van der Waals surface area (Å²) >= 11 is 0. The van der Waals surface area contributed by atoms with Gasteiger partial charge in [-0.25, -0.2) is 0 Å². The Labute approximate surface area is 85.6 Å². The zero-order chi connectivity index (χ0) is 9.97. The Balaban J connectivity index is 1.95. The smallest absolute Gasteiger partial charge is 0.225 e. The van der Waals surface area contributed by atoms with Gasteiger partial charge in [0.1, 0.15) is 0 Å². The van der Waals surface area contributed by atoms with Gasteiger partial charge in [0.25, 0.3) is 0 Å². The van der Waals surface area contributed by atoms with E-state index in [4.69, 9.17) is 5.73 Å². The van der Waals surface area contributed by atoms with Crippen molar-refractivity contribution in [2.24, 2.45) is 11.7 Å². The van der Waals surface area contributed by atoms with Crippen molar-refractivity contribution in [3.05, 3.63) is 0 Å². The summed E-state index contributed by atoms with van der Waals surface area (Å²) in [5.41, 5.74) is 5.70. The van der Waals surface area contributed by atoms with Gasteiger partial charge in [-0.05, 0) is 32.1 Å². The van der Waals surface area contributed by atoms with Crippen LogP contribution < -0.4 is 5.73 Å². The molecule has 1 saturated heterocycles. The van der Waals surface area contributed by atoms with Crippen LogP contribution in [0.4, 0.5) is 0 Å². The van der Waals surface area contributed by atoms with Gasteiger partial charge >= 0.3 is 0 Å². The first kappa shape index (κ1) is 9.97. The molecule has 1 atom stereocenters. The van der Waals surface area contributed by atoms with Crippen LogP contribution >= 0.6 is 0 Å². The molecule has 0 radical (unpaired) electrons. The normalized spacial score (nSPS) is 28.6. The lowest BCUT2D eigenvalue weighted by Crippen LogP contribution is -2.50. The van der Waals surface area contributed by atoms with Crippen LogP contribution in [-0.2, 0) is 4.79 Å². The zero-order valence-electron chi connectivity index (χ0n) is 8.74. The predicted molar refractivity (Wildman–Crippen MR) is 55.7 cm³/mol. The number of piperidine rings is 1. The Kier molecular flexibility index (Phi) is 3.06. The summed E-state index contributed by atoms with van der Waals surface area (Å²) in [7, 11) is 0. The fraction of sp³-hybridized carbons (Fsp3) is 0.909. The molecule has 1 unspecified atom stereocenters. The minimum absolute atomic E-state index is 0.330. The predicted octanol–water partition coefficient (Wildman–Crippen LogP) is 1.13. The molecule has 2 fully saturated rings. The van der Waals surface area contributed by atoms with Gasteiger partial charge in [0.2, 0.25) is 5.91 Å². The van der Waals surface area contributed by atoms with Crippen molar-refractivity contribution >= 4 is 5.91 Å². The molecule has 3 nitrogen and oxygen atoms in total. The molecule has 14 heavy (non-hydrogen) atoms. The molecule has 3 heteroatoms. The summed E-state index contributed by atoms with van der Waals surface area (Å²) < 4.78 is 0. The van der Waals surface area contributed by atoms with Gasteiger partial charge in [-0.3, -0.25) is 4.79 Å². The fourth-order valence-electron chi connectivity index (χ4n) is 2.43. The molecule has 1 amide bonds. The van der Waals surface area contributed by atoms with Gasteiger partial charge in [-0.2, -0.15) is 0 Å². The van der Waals surface area contributed by atoms with E-state index in [1.165, 1.54) is 12.8 Å². The average Bonchev–Trinajstić information content (AvgIpc) is 2.15. The van der Waals surface area contributed by atoms with Crippen LogP contribution in [0.25, 0.3) is 0 Å². The van der Waals surface area contributed by atoms with Crippen molar-refractivity contribution in [3.8, 4) is 0 Å². The molecule has 0 bridgehead atoms. The molecule has 0 spiro atoms. The van der Waals surface area contributed by atoms with Gasteiger partial charge in [-0.1, -0.05) is 6.42 Å². The van der Waals surface area contributed by atoms with E-state index in [0.717, 1.165) is 32.2 Å². The molecular weight excluding hydrogens is 176 g/mol. The van der Waals surface area contributed by atoms with E-state index in [1.807, 2.05) is 4.90 Å². The first-order chi connectivity index (χ1) is 6.83. The number of likely N-dealkylation sites (tertiary alicyclic amines) is 1.